The van der Waals surface area contributed by atoms with E-state index in [2.05, 4.69) is 38.1 Å². The minimum absolute atomic E-state index is 0.0155. The van der Waals surface area contributed by atoms with E-state index in [1.807, 2.05) is 54.6 Å². The molecule has 0 aliphatic heterocycles. The topological polar surface area (TPSA) is 102 Å². The SMILES string of the molecule is COc1ccc(-c2ccc(NC(=O)C3CC3c3ccccc3)cc2-c2nn[nH]n2)cc1OC. The van der Waals surface area contributed by atoms with Crippen LogP contribution in [0.25, 0.3) is 22.5 Å². The number of aromatic nitrogens is 4. The Balaban J connectivity index is 1.43. The smallest absolute Gasteiger partial charge is 0.228 e. The van der Waals surface area contributed by atoms with Crippen LogP contribution in [0.3, 0.4) is 0 Å². The summed E-state index contributed by atoms with van der Waals surface area (Å²) in [4.78, 5) is 12.9. The number of ether oxygens (including phenoxy) is 2. The number of carbonyl (C=O) groups is 1. The lowest BCUT2D eigenvalue weighted by molar-refractivity contribution is -0.117. The van der Waals surface area contributed by atoms with Gasteiger partial charge in [-0.15, -0.1) is 10.2 Å². The van der Waals surface area contributed by atoms with Crippen LogP contribution < -0.4 is 14.8 Å². The number of tetrazole rings is 1. The van der Waals surface area contributed by atoms with E-state index in [1.54, 1.807) is 14.2 Å². The van der Waals surface area contributed by atoms with E-state index in [4.69, 9.17) is 9.47 Å². The average Bonchev–Trinajstić information content (AvgIpc) is 3.49. The van der Waals surface area contributed by atoms with Gasteiger partial charge >= 0.3 is 0 Å². The molecule has 1 aliphatic rings. The molecule has 166 valence electrons. The van der Waals surface area contributed by atoms with Gasteiger partial charge in [-0.3, -0.25) is 4.79 Å². The molecule has 33 heavy (non-hydrogen) atoms. The second-order valence-electron chi connectivity index (χ2n) is 7.91. The second kappa shape index (κ2) is 8.74. The molecule has 3 aromatic carbocycles. The van der Waals surface area contributed by atoms with E-state index in [0.717, 1.165) is 23.1 Å². The van der Waals surface area contributed by atoms with Gasteiger partial charge in [-0.25, -0.2) is 0 Å². The third kappa shape index (κ3) is 4.15. The molecule has 2 atom stereocenters. The lowest BCUT2D eigenvalue weighted by atomic mass is 9.98. The Kier molecular flexibility index (Phi) is 5.48. The van der Waals surface area contributed by atoms with Crippen molar-refractivity contribution >= 4 is 11.6 Å². The van der Waals surface area contributed by atoms with Gasteiger partial charge in [0.2, 0.25) is 11.7 Å². The number of benzene rings is 3. The molecule has 0 spiro atoms. The summed E-state index contributed by atoms with van der Waals surface area (Å²) in [6.45, 7) is 0. The zero-order valence-electron chi connectivity index (χ0n) is 18.3. The van der Waals surface area contributed by atoms with Crippen LogP contribution >= 0.6 is 0 Å². The van der Waals surface area contributed by atoms with E-state index < -0.39 is 0 Å². The highest BCUT2D eigenvalue weighted by Gasteiger charge is 2.43. The van der Waals surface area contributed by atoms with Gasteiger partial charge < -0.3 is 14.8 Å². The summed E-state index contributed by atoms with van der Waals surface area (Å²) >= 11 is 0. The molecule has 1 aromatic heterocycles. The molecule has 2 unspecified atom stereocenters. The first-order chi connectivity index (χ1) is 16.2. The lowest BCUT2D eigenvalue weighted by Crippen LogP contribution is -2.14. The molecule has 4 aromatic rings. The summed E-state index contributed by atoms with van der Waals surface area (Å²) in [5.41, 5.74) is 4.40. The highest BCUT2D eigenvalue weighted by molar-refractivity contribution is 5.96. The van der Waals surface area contributed by atoms with Gasteiger partial charge in [-0.1, -0.05) is 42.5 Å². The number of H-pyrrole nitrogens is 1. The van der Waals surface area contributed by atoms with Crippen LogP contribution in [-0.4, -0.2) is 40.8 Å². The van der Waals surface area contributed by atoms with Crippen LogP contribution in [-0.2, 0) is 4.79 Å². The highest BCUT2D eigenvalue weighted by atomic mass is 16.5. The standard InChI is InChI=1S/C25H23N5O3/c1-32-22-11-8-16(12-23(22)33-2)18-10-9-17(13-20(18)24-27-29-30-28-24)26-25(31)21-14-19(21)15-6-4-3-5-7-15/h3-13,19,21H,14H2,1-2H3,(H,26,31)(H,27,28,29,30). The molecule has 1 heterocycles. The summed E-state index contributed by atoms with van der Waals surface area (Å²) in [6.07, 6.45) is 0.858. The Hall–Kier alpha value is -4.20. The predicted molar refractivity (Wildman–Crippen MR) is 124 cm³/mol. The maximum atomic E-state index is 12.9. The summed E-state index contributed by atoms with van der Waals surface area (Å²) in [6, 6.07) is 21.5. The molecule has 0 radical (unpaired) electrons. The molecule has 8 heteroatoms. The van der Waals surface area contributed by atoms with E-state index in [9.17, 15) is 4.79 Å². The van der Waals surface area contributed by atoms with Gasteiger partial charge in [0.15, 0.2) is 11.5 Å². The number of aromatic amines is 1. The normalized spacial score (nSPS) is 16.8. The first-order valence-corrected chi connectivity index (χ1v) is 10.6. The van der Waals surface area contributed by atoms with Gasteiger partial charge in [0.05, 0.1) is 14.2 Å². The predicted octanol–water partition coefficient (Wildman–Crippen LogP) is 4.29. The lowest BCUT2D eigenvalue weighted by Gasteiger charge is -2.13. The van der Waals surface area contributed by atoms with Crippen LogP contribution in [0.2, 0.25) is 0 Å². The number of hydrogen-bond acceptors (Lipinski definition) is 6. The number of anilines is 1. The summed E-state index contributed by atoms with van der Waals surface area (Å²) < 4.78 is 10.8. The minimum Gasteiger partial charge on any atom is -0.493 e. The molecule has 1 aliphatic carbocycles. The molecular weight excluding hydrogens is 418 g/mol. The van der Waals surface area contributed by atoms with Crippen LogP contribution in [0.5, 0.6) is 11.5 Å². The number of nitrogens with zero attached hydrogens (tertiary/aromatic N) is 3. The zero-order chi connectivity index (χ0) is 22.8. The summed E-state index contributed by atoms with van der Waals surface area (Å²) in [5.74, 6) is 1.96. The van der Waals surface area contributed by atoms with Gasteiger partial charge in [0, 0.05) is 17.2 Å². The minimum atomic E-state index is -0.0217. The summed E-state index contributed by atoms with van der Waals surface area (Å²) in [7, 11) is 3.20. The third-order valence-electron chi connectivity index (χ3n) is 5.92. The van der Waals surface area contributed by atoms with Crippen molar-refractivity contribution in [3.8, 4) is 34.0 Å². The molecule has 5 rings (SSSR count). The molecule has 2 N–H and O–H groups in total. The van der Waals surface area contributed by atoms with Crippen molar-refractivity contribution in [3.05, 3.63) is 72.3 Å². The fraction of sp³-hybridized carbons (Fsp3) is 0.200. The van der Waals surface area contributed by atoms with Gasteiger partial charge in [0.1, 0.15) is 0 Å². The van der Waals surface area contributed by atoms with E-state index in [0.29, 0.717) is 23.0 Å². The average molecular weight is 441 g/mol. The Morgan fingerprint density at radius 1 is 0.970 bits per heavy atom. The Morgan fingerprint density at radius 3 is 2.52 bits per heavy atom. The number of rotatable bonds is 7. The molecule has 0 saturated heterocycles. The highest BCUT2D eigenvalue weighted by Crippen LogP contribution is 2.48. The third-order valence-corrected chi connectivity index (χ3v) is 5.92. The van der Waals surface area contributed by atoms with Gasteiger partial charge in [-0.2, -0.15) is 5.21 Å². The molecule has 1 fully saturated rings. The van der Waals surface area contributed by atoms with Gasteiger partial charge in [-0.05, 0) is 58.5 Å². The first-order valence-electron chi connectivity index (χ1n) is 10.6. The van der Waals surface area contributed by atoms with Crippen molar-refractivity contribution in [2.75, 3.05) is 19.5 Å². The van der Waals surface area contributed by atoms with E-state index in [1.165, 1.54) is 5.56 Å². The maximum absolute atomic E-state index is 12.9. The number of amides is 1. The van der Waals surface area contributed by atoms with Crippen molar-refractivity contribution in [1.82, 2.24) is 20.6 Å². The van der Waals surface area contributed by atoms with Crippen LogP contribution in [0, 0.1) is 5.92 Å². The quantitative estimate of drug-likeness (QED) is 0.444. The first kappa shape index (κ1) is 20.7. The molecule has 0 bridgehead atoms. The number of methoxy groups -OCH3 is 2. The van der Waals surface area contributed by atoms with Crippen LogP contribution in [0.1, 0.15) is 17.9 Å². The van der Waals surface area contributed by atoms with Gasteiger partial charge in [0.25, 0.3) is 0 Å². The largest absolute Gasteiger partial charge is 0.493 e. The molecular formula is C25H23N5O3. The van der Waals surface area contributed by atoms with Crippen molar-refractivity contribution in [1.29, 1.82) is 0 Å². The zero-order valence-corrected chi connectivity index (χ0v) is 18.3. The fourth-order valence-electron chi connectivity index (χ4n) is 4.13. The Morgan fingerprint density at radius 2 is 1.79 bits per heavy atom. The number of hydrogen-bond donors (Lipinski definition) is 2. The molecule has 1 saturated carbocycles. The Labute approximate surface area is 190 Å². The van der Waals surface area contributed by atoms with E-state index >= 15 is 0 Å². The number of carbonyl (C=O) groups excluding carboxylic acids is 1. The van der Waals surface area contributed by atoms with Crippen molar-refractivity contribution in [3.63, 3.8) is 0 Å². The van der Waals surface area contributed by atoms with Crippen LogP contribution in [0.15, 0.2) is 66.7 Å². The monoisotopic (exact) mass is 441 g/mol. The van der Waals surface area contributed by atoms with Crippen molar-refractivity contribution < 1.29 is 14.3 Å². The second-order valence-corrected chi connectivity index (χ2v) is 7.91. The van der Waals surface area contributed by atoms with Crippen molar-refractivity contribution in [2.24, 2.45) is 5.92 Å². The van der Waals surface area contributed by atoms with E-state index in [-0.39, 0.29) is 17.7 Å². The fourth-order valence-corrected chi connectivity index (χ4v) is 4.13. The van der Waals surface area contributed by atoms with Crippen molar-refractivity contribution in [2.45, 2.75) is 12.3 Å². The number of nitrogens with one attached hydrogen (secondary N) is 2. The summed E-state index contributed by atoms with van der Waals surface area (Å²) in [5, 5.41) is 17.6. The van der Waals surface area contributed by atoms with Crippen LogP contribution in [0.4, 0.5) is 5.69 Å². The maximum Gasteiger partial charge on any atom is 0.228 e. The molecule has 1 amide bonds. The Bertz CT molecular complexity index is 1270. The molecule has 8 nitrogen and oxygen atoms in total.